The van der Waals surface area contributed by atoms with Crippen molar-refractivity contribution in [3.8, 4) is 6.07 Å². The van der Waals surface area contributed by atoms with Crippen LogP contribution in [0, 0.1) is 11.3 Å². The lowest BCUT2D eigenvalue weighted by molar-refractivity contribution is 0.0691. The average Bonchev–Trinajstić information content (AvgIpc) is 2.60. The van der Waals surface area contributed by atoms with E-state index in [0.29, 0.717) is 11.1 Å². The van der Waals surface area contributed by atoms with E-state index in [1.54, 1.807) is 18.2 Å². The fourth-order valence-electron chi connectivity index (χ4n) is 1.36. The lowest BCUT2D eigenvalue weighted by Crippen LogP contribution is -1.95. The number of para-hydroxylation sites is 1. The summed E-state index contributed by atoms with van der Waals surface area (Å²) in [6.45, 7) is 0. The van der Waals surface area contributed by atoms with Gasteiger partial charge in [-0.15, -0.1) is 0 Å². The summed E-state index contributed by atoms with van der Waals surface area (Å²) in [5, 5.41) is 18.2. The number of nitrogens with zero attached hydrogens (tertiary/aromatic N) is 1. The Morgan fingerprint density at radius 1 is 1.50 bits per heavy atom. The Morgan fingerprint density at radius 2 is 2.29 bits per heavy atom. The van der Waals surface area contributed by atoms with Crippen molar-refractivity contribution in [3.63, 3.8) is 0 Å². The standard InChI is InChI=1S/C10H6N2O2/c11-5-7-3-1-2-6-4-8(10(13)14)12-9(6)7/h1-4,12H,(H,13,14). The Labute approximate surface area is 79.4 Å². The number of nitrogens with one attached hydrogen (secondary N) is 1. The molecule has 1 aromatic heterocycles. The third-order valence-corrected chi connectivity index (χ3v) is 2.01. The molecule has 2 N–H and O–H groups in total. The zero-order chi connectivity index (χ0) is 10.1. The zero-order valence-corrected chi connectivity index (χ0v) is 7.11. The summed E-state index contributed by atoms with van der Waals surface area (Å²) < 4.78 is 0. The first-order chi connectivity index (χ1) is 6.72. The molecule has 0 amide bonds. The van der Waals surface area contributed by atoms with Crippen molar-refractivity contribution in [1.82, 2.24) is 4.98 Å². The van der Waals surface area contributed by atoms with Gasteiger partial charge in [0.25, 0.3) is 0 Å². The quantitative estimate of drug-likeness (QED) is 0.712. The number of aromatic amines is 1. The minimum atomic E-state index is -1.02. The minimum absolute atomic E-state index is 0.0997. The number of aromatic carboxylic acids is 1. The van der Waals surface area contributed by atoms with Crippen LogP contribution in [-0.4, -0.2) is 16.1 Å². The number of fused-ring (bicyclic) bond motifs is 1. The molecule has 2 rings (SSSR count). The van der Waals surface area contributed by atoms with Crippen molar-refractivity contribution in [1.29, 1.82) is 5.26 Å². The molecule has 0 radical (unpaired) electrons. The molecule has 0 atom stereocenters. The Kier molecular flexibility index (Phi) is 1.72. The largest absolute Gasteiger partial charge is 0.477 e. The molecular weight excluding hydrogens is 180 g/mol. The Bertz CT molecular complexity index is 549. The predicted octanol–water partition coefficient (Wildman–Crippen LogP) is 1.74. The lowest BCUT2D eigenvalue weighted by atomic mass is 10.2. The number of carboxylic acids is 1. The van der Waals surface area contributed by atoms with Crippen molar-refractivity contribution in [2.45, 2.75) is 0 Å². The van der Waals surface area contributed by atoms with Crippen molar-refractivity contribution >= 4 is 16.9 Å². The van der Waals surface area contributed by atoms with Crippen LogP contribution >= 0.6 is 0 Å². The molecule has 1 heterocycles. The number of nitriles is 1. The van der Waals surface area contributed by atoms with Crippen molar-refractivity contribution in [2.24, 2.45) is 0 Å². The number of hydrogen-bond acceptors (Lipinski definition) is 2. The van der Waals surface area contributed by atoms with Crippen molar-refractivity contribution < 1.29 is 9.90 Å². The number of rotatable bonds is 1. The van der Waals surface area contributed by atoms with Crippen LogP contribution in [0.1, 0.15) is 16.1 Å². The monoisotopic (exact) mass is 186 g/mol. The zero-order valence-electron chi connectivity index (χ0n) is 7.11. The number of carboxylic acid groups (broad SMARTS) is 1. The minimum Gasteiger partial charge on any atom is -0.477 e. The molecule has 0 aliphatic carbocycles. The first-order valence-corrected chi connectivity index (χ1v) is 3.97. The molecule has 0 unspecified atom stereocenters. The van der Waals surface area contributed by atoms with E-state index in [1.807, 2.05) is 6.07 Å². The molecule has 0 aliphatic heterocycles. The van der Waals surface area contributed by atoms with Gasteiger partial charge in [-0.1, -0.05) is 12.1 Å². The molecule has 0 saturated carbocycles. The number of hydrogen-bond donors (Lipinski definition) is 2. The third kappa shape index (κ3) is 1.12. The summed E-state index contributed by atoms with van der Waals surface area (Å²) in [6, 6.07) is 8.64. The Morgan fingerprint density at radius 3 is 2.93 bits per heavy atom. The highest BCUT2D eigenvalue weighted by Crippen LogP contribution is 2.18. The number of aromatic nitrogens is 1. The molecule has 0 spiro atoms. The van der Waals surface area contributed by atoms with E-state index in [0.717, 1.165) is 5.39 Å². The maximum Gasteiger partial charge on any atom is 0.352 e. The van der Waals surface area contributed by atoms with Gasteiger partial charge in [-0.2, -0.15) is 5.26 Å². The van der Waals surface area contributed by atoms with Crippen LogP contribution in [0.15, 0.2) is 24.3 Å². The summed E-state index contributed by atoms with van der Waals surface area (Å²) in [5.41, 5.74) is 1.13. The summed E-state index contributed by atoms with van der Waals surface area (Å²) in [6.07, 6.45) is 0. The summed E-state index contributed by atoms with van der Waals surface area (Å²) in [4.78, 5) is 13.3. The first-order valence-electron chi connectivity index (χ1n) is 3.97. The molecule has 0 saturated heterocycles. The average molecular weight is 186 g/mol. The lowest BCUT2D eigenvalue weighted by Gasteiger charge is -1.90. The van der Waals surface area contributed by atoms with Gasteiger partial charge < -0.3 is 10.1 Å². The van der Waals surface area contributed by atoms with E-state index in [1.165, 1.54) is 6.07 Å². The smallest absolute Gasteiger partial charge is 0.352 e. The van der Waals surface area contributed by atoms with Gasteiger partial charge in [0.2, 0.25) is 0 Å². The maximum atomic E-state index is 10.7. The van der Waals surface area contributed by atoms with Crippen LogP contribution in [0.3, 0.4) is 0 Å². The maximum absolute atomic E-state index is 10.7. The van der Waals surface area contributed by atoms with Crippen LogP contribution < -0.4 is 0 Å². The third-order valence-electron chi connectivity index (χ3n) is 2.01. The summed E-state index contributed by atoms with van der Waals surface area (Å²) in [7, 11) is 0. The first kappa shape index (κ1) is 8.32. The molecule has 4 nitrogen and oxygen atoms in total. The van der Waals surface area contributed by atoms with Gasteiger partial charge in [0.1, 0.15) is 11.8 Å². The van der Waals surface area contributed by atoms with E-state index in [4.69, 9.17) is 10.4 Å². The highest BCUT2D eigenvalue weighted by atomic mass is 16.4. The van der Waals surface area contributed by atoms with Gasteiger partial charge in [-0.05, 0) is 12.1 Å². The van der Waals surface area contributed by atoms with E-state index in [9.17, 15) is 4.79 Å². The number of carbonyl (C=O) groups is 1. The highest BCUT2D eigenvalue weighted by Gasteiger charge is 2.09. The fourth-order valence-corrected chi connectivity index (χ4v) is 1.36. The molecule has 0 bridgehead atoms. The van der Waals surface area contributed by atoms with Gasteiger partial charge in [0, 0.05) is 5.39 Å². The number of benzene rings is 1. The normalized spacial score (nSPS) is 9.93. The van der Waals surface area contributed by atoms with E-state index >= 15 is 0 Å². The van der Waals surface area contributed by atoms with E-state index in [-0.39, 0.29) is 5.69 Å². The molecule has 1 aromatic carbocycles. The molecule has 4 heteroatoms. The van der Waals surface area contributed by atoms with Crippen LogP contribution in [0.25, 0.3) is 10.9 Å². The van der Waals surface area contributed by atoms with Crippen molar-refractivity contribution in [3.05, 3.63) is 35.5 Å². The SMILES string of the molecule is N#Cc1cccc2cc(C(=O)O)[nH]c12. The van der Waals surface area contributed by atoms with Gasteiger partial charge in [0.05, 0.1) is 11.1 Å². The summed E-state index contributed by atoms with van der Waals surface area (Å²) >= 11 is 0. The van der Waals surface area contributed by atoms with Gasteiger partial charge in [-0.25, -0.2) is 4.79 Å². The molecule has 14 heavy (non-hydrogen) atoms. The molecule has 0 fully saturated rings. The second kappa shape index (κ2) is 2.89. The topological polar surface area (TPSA) is 76.9 Å². The van der Waals surface area contributed by atoms with E-state index < -0.39 is 5.97 Å². The van der Waals surface area contributed by atoms with Crippen LogP contribution in [-0.2, 0) is 0 Å². The fraction of sp³-hybridized carbons (Fsp3) is 0. The van der Waals surface area contributed by atoms with Gasteiger partial charge >= 0.3 is 5.97 Å². The predicted molar refractivity (Wildman–Crippen MR) is 50.0 cm³/mol. The van der Waals surface area contributed by atoms with E-state index in [2.05, 4.69) is 4.98 Å². The summed E-state index contributed by atoms with van der Waals surface area (Å²) in [5.74, 6) is -1.02. The highest BCUT2D eigenvalue weighted by molar-refractivity contribution is 5.95. The second-order valence-corrected chi connectivity index (χ2v) is 2.87. The molecule has 68 valence electrons. The van der Waals surface area contributed by atoms with Gasteiger partial charge in [0.15, 0.2) is 0 Å². The number of H-pyrrole nitrogens is 1. The second-order valence-electron chi connectivity index (χ2n) is 2.87. The Balaban J connectivity index is 2.78. The van der Waals surface area contributed by atoms with Crippen LogP contribution in [0.4, 0.5) is 0 Å². The molecule has 2 aromatic rings. The molecular formula is C10H6N2O2. The molecule has 0 aliphatic rings. The van der Waals surface area contributed by atoms with Gasteiger partial charge in [-0.3, -0.25) is 0 Å². The Hall–Kier alpha value is -2.28. The van der Waals surface area contributed by atoms with Crippen LogP contribution in [0.5, 0.6) is 0 Å². The van der Waals surface area contributed by atoms with Crippen LogP contribution in [0.2, 0.25) is 0 Å². The van der Waals surface area contributed by atoms with Crippen molar-refractivity contribution in [2.75, 3.05) is 0 Å².